The Morgan fingerprint density at radius 3 is 2.67 bits per heavy atom. The van der Waals surface area contributed by atoms with Crippen LogP contribution in [0.1, 0.15) is 0 Å². The van der Waals surface area contributed by atoms with E-state index in [0.29, 0.717) is 0 Å². The Balaban J connectivity index is 2.75. The number of hydrogen-bond donors (Lipinski definition) is 0. The summed E-state index contributed by atoms with van der Waals surface area (Å²) in [6.07, 6.45) is 4.63. The van der Waals surface area contributed by atoms with E-state index in [2.05, 4.69) is 9.05 Å². The number of rotatable bonds is 1. The molecule has 3 nitrogen and oxygen atoms in total. The molecule has 1 aliphatic heterocycles. The van der Waals surface area contributed by atoms with Crippen LogP contribution in [0.3, 0.4) is 0 Å². The zero-order chi connectivity index (χ0) is 6.74. The van der Waals surface area contributed by atoms with Gasteiger partial charge in [-0.15, -0.1) is 0 Å². The molecule has 1 heterocycles. The molecule has 0 aromatic heterocycles. The molecular weight excluding hydrogens is 139 g/mol. The van der Waals surface area contributed by atoms with Gasteiger partial charge in [0.05, 0.1) is 6.26 Å². The van der Waals surface area contributed by atoms with Gasteiger partial charge in [-0.25, -0.2) is 4.57 Å². The van der Waals surface area contributed by atoms with Gasteiger partial charge >= 0.3 is 7.60 Å². The maximum atomic E-state index is 11.0. The Morgan fingerprint density at radius 2 is 2.33 bits per heavy atom. The molecule has 0 spiro atoms. The van der Waals surface area contributed by atoms with E-state index in [1.165, 1.54) is 19.2 Å². The highest BCUT2D eigenvalue weighted by molar-refractivity contribution is 7.57. The van der Waals surface area contributed by atoms with Crippen molar-refractivity contribution in [2.24, 2.45) is 0 Å². The minimum absolute atomic E-state index is 1.35. The predicted molar refractivity (Wildman–Crippen MR) is 34.0 cm³/mol. The predicted octanol–water partition coefficient (Wildman–Crippen LogP) is 1.88. The Labute approximate surface area is 53.5 Å². The van der Waals surface area contributed by atoms with Crippen LogP contribution >= 0.6 is 7.60 Å². The summed E-state index contributed by atoms with van der Waals surface area (Å²) in [6.45, 7) is 0. The third-order valence-corrected chi connectivity index (χ3v) is 2.38. The van der Waals surface area contributed by atoms with Crippen molar-refractivity contribution in [3.8, 4) is 0 Å². The van der Waals surface area contributed by atoms with E-state index in [1.54, 1.807) is 12.2 Å². The Hall–Kier alpha value is -0.530. The summed E-state index contributed by atoms with van der Waals surface area (Å²) < 4.78 is 20.3. The fraction of sp³-hybridized carbons (Fsp3) is 0.200. The van der Waals surface area contributed by atoms with Gasteiger partial charge in [-0.3, -0.25) is 0 Å². The third kappa shape index (κ3) is 1.44. The molecule has 1 rings (SSSR count). The summed E-state index contributed by atoms with van der Waals surface area (Å²) in [5, 5.41) is 0. The van der Waals surface area contributed by atoms with Gasteiger partial charge in [-0.05, 0) is 12.2 Å². The smallest absolute Gasteiger partial charge is 0.402 e. The summed E-state index contributed by atoms with van der Waals surface area (Å²) in [5.74, 6) is 1.41. The fourth-order valence-electron chi connectivity index (χ4n) is 0.459. The molecule has 0 amide bonds. The Kier molecular flexibility index (Phi) is 1.74. The monoisotopic (exact) mass is 146 g/mol. The maximum Gasteiger partial charge on any atom is 0.402 e. The largest absolute Gasteiger partial charge is 0.430 e. The lowest BCUT2D eigenvalue weighted by Gasteiger charge is -2.11. The van der Waals surface area contributed by atoms with Crippen LogP contribution in [0.25, 0.3) is 0 Å². The van der Waals surface area contributed by atoms with Gasteiger partial charge < -0.3 is 9.05 Å². The van der Waals surface area contributed by atoms with Gasteiger partial charge in [0.25, 0.3) is 0 Å². The maximum absolute atomic E-state index is 11.0. The molecule has 0 radical (unpaired) electrons. The summed E-state index contributed by atoms with van der Waals surface area (Å²) in [4.78, 5) is 0. The molecule has 4 heteroatoms. The molecule has 0 aromatic rings. The van der Waals surface area contributed by atoms with Gasteiger partial charge in [0.2, 0.25) is 0 Å². The van der Waals surface area contributed by atoms with Crippen molar-refractivity contribution in [1.29, 1.82) is 0 Å². The van der Waals surface area contributed by atoms with Crippen molar-refractivity contribution < 1.29 is 13.6 Å². The van der Waals surface area contributed by atoms with E-state index in [0.717, 1.165) is 0 Å². The molecule has 0 bridgehead atoms. The summed E-state index contributed by atoms with van der Waals surface area (Å²) in [5.41, 5.74) is 0. The van der Waals surface area contributed by atoms with Crippen LogP contribution in [-0.2, 0) is 13.6 Å². The van der Waals surface area contributed by atoms with Crippen LogP contribution in [0.2, 0.25) is 0 Å². The van der Waals surface area contributed by atoms with Crippen LogP contribution in [0.4, 0.5) is 0 Å². The topological polar surface area (TPSA) is 35.5 Å². The quantitative estimate of drug-likeness (QED) is 0.530. The van der Waals surface area contributed by atoms with E-state index >= 15 is 0 Å². The number of hydrogen-bond acceptors (Lipinski definition) is 3. The molecule has 0 saturated heterocycles. The van der Waals surface area contributed by atoms with Crippen LogP contribution in [0.15, 0.2) is 24.2 Å². The molecule has 0 N–H and O–H groups in total. The fourth-order valence-corrected chi connectivity index (χ4v) is 1.29. The van der Waals surface area contributed by atoms with Crippen molar-refractivity contribution in [3.63, 3.8) is 0 Å². The molecule has 0 saturated carbocycles. The minimum Gasteiger partial charge on any atom is -0.430 e. The molecule has 1 unspecified atom stereocenters. The lowest BCUT2D eigenvalue weighted by atomic mass is 10.6. The van der Waals surface area contributed by atoms with E-state index in [9.17, 15) is 4.57 Å². The highest BCUT2D eigenvalue weighted by Gasteiger charge is 2.18. The van der Waals surface area contributed by atoms with E-state index in [1.807, 2.05) is 0 Å². The molecule has 1 aliphatic rings. The molecule has 1 atom stereocenters. The molecule has 0 aliphatic carbocycles. The average Bonchev–Trinajstić information content (AvgIpc) is 1.90. The van der Waals surface area contributed by atoms with Gasteiger partial charge in [-0.2, -0.15) is 0 Å². The highest BCUT2D eigenvalue weighted by Crippen LogP contribution is 2.50. The van der Waals surface area contributed by atoms with Gasteiger partial charge in [-0.1, -0.05) is 0 Å². The van der Waals surface area contributed by atoms with Crippen LogP contribution in [-0.4, -0.2) is 7.11 Å². The molecule has 0 aromatic carbocycles. The summed E-state index contributed by atoms with van der Waals surface area (Å²) in [7, 11) is -1.51. The summed E-state index contributed by atoms with van der Waals surface area (Å²) >= 11 is 0. The molecular formula is C5H7O3P. The summed E-state index contributed by atoms with van der Waals surface area (Å²) in [6, 6.07) is 0. The lowest BCUT2D eigenvalue weighted by molar-refractivity contribution is 0.308. The Morgan fingerprint density at radius 1 is 1.56 bits per heavy atom. The average molecular weight is 146 g/mol. The number of allylic oxidation sites excluding steroid dienone is 2. The minimum atomic E-state index is -2.86. The zero-order valence-corrected chi connectivity index (χ0v) is 5.88. The SMILES string of the molecule is COP1(=O)C=CC=CO1. The highest BCUT2D eigenvalue weighted by atomic mass is 31.2. The Bertz CT molecular complexity index is 194. The van der Waals surface area contributed by atoms with Crippen molar-refractivity contribution >= 4 is 7.60 Å². The molecule has 9 heavy (non-hydrogen) atoms. The van der Waals surface area contributed by atoms with E-state index in [4.69, 9.17) is 0 Å². The van der Waals surface area contributed by atoms with Crippen molar-refractivity contribution in [1.82, 2.24) is 0 Å². The first-order valence-corrected chi connectivity index (χ1v) is 4.06. The normalized spacial score (nSPS) is 32.1. The van der Waals surface area contributed by atoms with Gasteiger partial charge in [0.1, 0.15) is 0 Å². The van der Waals surface area contributed by atoms with Crippen molar-refractivity contribution in [2.75, 3.05) is 7.11 Å². The van der Waals surface area contributed by atoms with Crippen LogP contribution < -0.4 is 0 Å². The van der Waals surface area contributed by atoms with Crippen molar-refractivity contribution in [3.05, 3.63) is 24.2 Å². The molecule has 0 fully saturated rings. The van der Waals surface area contributed by atoms with E-state index < -0.39 is 7.60 Å². The first-order chi connectivity index (χ1) is 4.27. The van der Waals surface area contributed by atoms with Crippen molar-refractivity contribution in [2.45, 2.75) is 0 Å². The lowest BCUT2D eigenvalue weighted by Crippen LogP contribution is -1.85. The molecule has 50 valence electrons. The van der Waals surface area contributed by atoms with Gasteiger partial charge in [0, 0.05) is 12.9 Å². The zero-order valence-electron chi connectivity index (χ0n) is 4.98. The second kappa shape index (κ2) is 2.38. The van der Waals surface area contributed by atoms with Gasteiger partial charge in [0.15, 0.2) is 0 Å². The standard InChI is InChI=1S/C5H7O3P/c1-7-9(6)5-3-2-4-8-9/h2-5H,1H3. The second-order valence-corrected chi connectivity index (χ2v) is 3.45. The van der Waals surface area contributed by atoms with E-state index in [-0.39, 0.29) is 0 Å². The first-order valence-electron chi connectivity index (χ1n) is 2.45. The third-order valence-electron chi connectivity index (χ3n) is 0.921. The van der Waals surface area contributed by atoms with Crippen LogP contribution in [0.5, 0.6) is 0 Å². The first kappa shape index (κ1) is 6.59. The van der Waals surface area contributed by atoms with Crippen LogP contribution in [0, 0.1) is 0 Å². The second-order valence-electron chi connectivity index (χ2n) is 1.50.